The number of ether oxygens (including phenoxy) is 2. The summed E-state index contributed by atoms with van der Waals surface area (Å²) in [5, 5.41) is 3.81. The van der Waals surface area contributed by atoms with E-state index in [1.165, 1.54) is 5.69 Å². The highest BCUT2D eigenvalue weighted by atomic mass is 16.5. The van der Waals surface area contributed by atoms with Gasteiger partial charge in [0, 0.05) is 43.7 Å². The number of fused-ring (bicyclic) bond motifs is 5. The Morgan fingerprint density at radius 2 is 1.88 bits per heavy atom. The Hall–Kier alpha value is -3.61. The fraction of sp³-hybridized carbons (Fsp3) is 0.346. The lowest BCUT2D eigenvalue weighted by Crippen LogP contribution is -2.51. The summed E-state index contributed by atoms with van der Waals surface area (Å²) >= 11 is 0. The predicted molar refractivity (Wildman–Crippen MR) is 128 cm³/mol. The van der Waals surface area contributed by atoms with Crippen LogP contribution >= 0.6 is 0 Å². The van der Waals surface area contributed by atoms with Crippen LogP contribution in [0.15, 0.2) is 54.7 Å². The number of nitrogens with zero attached hydrogens (tertiary/aromatic N) is 3. The van der Waals surface area contributed by atoms with E-state index in [4.69, 9.17) is 9.47 Å². The van der Waals surface area contributed by atoms with Gasteiger partial charge in [0.15, 0.2) is 0 Å². The summed E-state index contributed by atoms with van der Waals surface area (Å²) in [5.74, 6) is 1.69. The van der Waals surface area contributed by atoms with E-state index >= 15 is 0 Å². The lowest BCUT2D eigenvalue weighted by Gasteiger charge is -2.46. The Balaban J connectivity index is 1.24. The average molecular weight is 445 g/mol. The van der Waals surface area contributed by atoms with Gasteiger partial charge in [0.05, 0.1) is 36.3 Å². The number of benzene rings is 2. The van der Waals surface area contributed by atoms with Crippen LogP contribution in [0.3, 0.4) is 0 Å². The highest BCUT2D eigenvalue weighted by Gasteiger charge is 2.42. The molecule has 6 rings (SSSR count). The summed E-state index contributed by atoms with van der Waals surface area (Å²) in [6.07, 6.45) is 3.79. The highest BCUT2D eigenvalue weighted by Crippen LogP contribution is 2.44. The Morgan fingerprint density at radius 1 is 1.06 bits per heavy atom. The van der Waals surface area contributed by atoms with Crippen molar-refractivity contribution in [1.29, 1.82) is 0 Å². The van der Waals surface area contributed by atoms with E-state index < -0.39 is 0 Å². The van der Waals surface area contributed by atoms with E-state index in [9.17, 15) is 4.79 Å². The van der Waals surface area contributed by atoms with E-state index in [2.05, 4.69) is 45.2 Å². The molecule has 0 unspecified atom stereocenters. The van der Waals surface area contributed by atoms with Gasteiger partial charge < -0.3 is 29.2 Å². The standard InChI is InChI=1S/C26H28N4O3/c1-28-14-15-33-23-16-18(5-7-22(23)28)25(31)29-12-9-26(10-13-29)24-4-3-11-30(24)21-8-6-19(32-2)17-20(21)27-26/h3-8,11,16-17,27H,9-10,12-15H2,1-2H3. The van der Waals surface area contributed by atoms with Gasteiger partial charge in [-0.25, -0.2) is 0 Å². The Labute approximate surface area is 193 Å². The molecule has 0 bridgehead atoms. The van der Waals surface area contributed by atoms with Crippen molar-refractivity contribution in [2.24, 2.45) is 0 Å². The summed E-state index contributed by atoms with van der Waals surface area (Å²) in [5.41, 5.74) is 4.96. The number of aromatic nitrogens is 1. The number of carbonyl (C=O) groups is 1. The fourth-order valence-electron chi connectivity index (χ4n) is 5.40. The van der Waals surface area contributed by atoms with Crippen molar-refractivity contribution in [1.82, 2.24) is 9.47 Å². The molecule has 3 aliphatic heterocycles. The van der Waals surface area contributed by atoms with Crippen molar-refractivity contribution in [3.8, 4) is 17.2 Å². The number of likely N-dealkylation sites (N-methyl/N-ethyl adjacent to an activating group) is 1. The molecule has 0 atom stereocenters. The molecule has 1 N–H and O–H groups in total. The van der Waals surface area contributed by atoms with Crippen molar-refractivity contribution < 1.29 is 14.3 Å². The lowest BCUT2D eigenvalue weighted by molar-refractivity contribution is 0.0676. The molecule has 1 spiro atoms. The SMILES string of the molecule is COc1ccc2c(c1)NC1(CCN(C(=O)c3ccc4c(c3)OCCN4C)CC1)c1cccn1-2. The molecule has 0 aliphatic carbocycles. The average Bonchev–Trinajstić information content (AvgIpc) is 3.35. The van der Waals surface area contributed by atoms with Crippen molar-refractivity contribution in [3.05, 3.63) is 66.0 Å². The second kappa shape index (κ2) is 7.47. The molecular formula is C26H28N4O3. The minimum absolute atomic E-state index is 0.0674. The van der Waals surface area contributed by atoms with Crippen LogP contribution in [0.25, 0.3) is 5.69 Å². The molecule has 1 fully saturated rings. The first-order chi connectivity index (χ1) is 16.1. The van der Waals surface area contributed by atoms with Crippen molar-refractivity contribution in [3.63, 3.8) is 0 Å². The molecule has 0 radical (unpaired) electrons. The zero-order valence-corrected chi connectivity index (χ0v) is 19.0. The number of carbonyl (C=O) groups excluding carboxylic acids is 1. The molecule has 2 aromatic carbocycles. The Kier molecular flexibility index (Phi) is 4.54. The smallest absolute Gasteiger partial charge is 0.253 e. The minimum atomic E-state index is -0.207. The maximum atomic E-state index is 13.3. The number of rotatable bonds is 2. The Bertz CT molecular complexity index is 1230. The van der Waals surface area contributed by atoms with Gasteiger partial charge in [-0.15, -0.1) is 0 Å². The van der Waals surface area contributed by atoms with Crippen LogP contribution in [0.5, 0.6) is 11.5 Å². The van der Waals surface area contributed by atoms with Crippen molar-refractivity contribution >= 4 is 17.3 Å². The largest absolute Gasteiger partial charge is 0.497 e. The molecule has 33 heavy (non-hydrogen) atoms. The monoisotopic (exact) mass is 444 g/mol. The zero-order valence-electron chi connectivity index (χ0n) is 19.0. The van der Waals surface area contributed by atoms with Gasteiger partial charge in [-0.3, -0.25) is 4.79 Å². The van der Waals surface area contributed by atoms with Gasteiger partial charge in [-0.1, -0.05) is 0 Å². The van der Waals surface area contributed by atoms with Gasteiger partial charge >= 0.3 is 0 Å². The first kappa shape index (κ1) is 20.0. The van der Waals surface area contributed by atoms with E-state index in [1.54, 1.807) is 7.11 Å². The quantitative estimate of drug-likeness (QED) is 0.650. The zero-order chi connectivity index (χ0) is 22.6. The van der Waals surface area contributed by atoms with Crippen molar-refractivity contribution in [2.45, 2.75) is 18.4 Å². The first-order valence-corrected chi connectivity index (χ1v) is 11.5. The molecule has 1 saturated heterocycles. The maximum absolute atomic E-state index is 13.3. The molecule has 3 aliphatic rings. The van der Waals surface area contributed by atoms with Crippen LogP contribution in [-0.4, -0.2) is 55.8 Å². The normalized spacial score (nSPS) is 18.0. The molecule has 170 valence electrons. The van der Waals surface area contributed by atoms with Crippen molar-refractivity contribution in [2.75, 3.05) is 50.6 Å². The molecule has 1 aromatic heterocycles. The first-order valence-electron chi connectivity index (χ1n) is 11.5. The summed E-state index contributed by atoms with van der Waals surface area (Å²) in [6, 6.07) is 16.2. The van der Waals surface area contributed by atoms with E-state index in [0.717, 1.165) is 47.9 Å². The number of anilines is 2. The number of methoxy groups -OCH3 is 1. The fourth-order valence-corrected chi connectivity index (χ4v) is 5.40. The van der Waals surface area contributed by atoms with Gasteiger partial charge in [0.2, 0.25) is 0 Å². The highest BCUT2D eigenvalue weighted by molar-refractivity contribution is 5.95. The van der Waals surface area contributed by atoms with Crippen LogP contribution in [0.1, 0.15) is 28.9 Å². The van der Waals surface area contributed by atoms with Gasteiger partial charge in [0.25, 0.3) is 5.91 Å². The maximum Gasteiger partial charge on any atom is 0.253 e. The third-order valence-corrected chi connectivity index (χ3v) is 7.28. The summed E-state index contributed by atoms with van der Waals surface area (Å²) in [7, 11) is 3.74. The van der Waals surface area contributed by atoms with Crippen LogP contribution in [0.2, 0.25) is 0 Å². The minimum Gasteiger partial charge on any atom is -0.497 e. The number of amides is 1. The number of likely N-dealkylation sites (tertiary alicyclic amines) is 1. The summed E-state index contributed by atoms with van der Waals surface area (Å²) in [6.45, 7) is 2.88. The van der Waals surface area contributed by atoms with Gasteiger partial charge in [0.1, 0.15) is 18.1 Å². The molecule has 7 heteroatoms. The van der Waals surface area contributed by atoms with Crippen LogP contribution in [0.4, 0.5) is 11.4 Å². The molecular weight excluding hydrogens is 416 g/mol. The van der Waals surface area contributed by atoms with E-state index in [-0.39, 0.29) is 11.4 Å². The topological polar surface area (TPSA) is 59.0 Å². The van der Waals surface area contributed by atoms with Crippen LogP contribution in [-0.2, 0) is 5.54 Å². The van der Waals surface area contributed by atoms with E-state index in [1.807, 2.05) is 36.2 Å². The molecule has 4 heterocycles. The molecule has 3 aromatic rings. The van der Waals surface area contributed by atoms with E-state index in [0.29, 0.717) is 25.3 Å². The molecule has 7 nitrogen and oxygen atoms in total. The third-order valence-electron chi connectivity index (χ3n) is 7.28. The molecule has 0 saturated carbocycles. The van der Waals surface area contributed by atoms with Crippen LogP contribution < -0.4 is 19.7 Å². The number of nitrogens with one attached hydrogen (secondary N) is 1. The third kappa shape index (κ3) is 3.14. The predicted octanol–water partition coefficient (Wildman–Crippen LogP) is 3.87. The second-order valence-electron chi connectivity index (χ2n) is 9.10. The number of hydrogen-bond donors (Lipinski definition) is 1. The molecule has 1 amide bonds. The second-order valence-corrected chi connectivity index (χ2v) is 9.10. The van der Waals surface area contributed by atoms with Gasteiger partial charge in [-0.2, -0.15) is 0 Å². The number of hydrogen-bond acceptors (Lipinski definition) is 5. The lowest BCUT2D eigenvalue weighted by atomic mass is 9.82. The van der Waals surface area contributed by atoms with Gasteiger partial charge in [-0.05, 0) is 55.3 Å². The summed E-state index contributed by atoms with van der Waals surface area (Å²) < 4.78 is 13.5. The Morgan fingerprint density at radius 3 is 2.70 bits per heavy atom. The summed E-state index contributed by atoms with van der Waals surface area (Å²) in [4.78, 5) is 17.5. The number of piperidine rings is 1. The van der Waals surface area contributed by atoms with Crippen LogP contribution in [0, 0.1) is 0 Å².